The maximum atomic E-state index is 13.9. The quantitative estimate of drug-likeness (QED) is 0.545. The van der Waals surface area contributed by atoms with Crippen molar-refractivity contribution in [1.82, 2.24) is 19.8 Å². The molecule has 5 rings (SSSR count). The molecule has 1 aliphatic carbocycles. The van der Waals surface area contributed by atoms with Crippen molar-refractivity contribution in [1.29, 1.82) is 0 Å². The van der Waals surface area contributed by atoms with Gasteiger partial charge in [-0.1, -0.05) is 18.2 Å². The van der Waals surface area contributed by atoms with Crippen molar-refractivity contribution in [2.45, 2.75) is 49.0 Å². The van der Waals surface area contributed by atoms with E-state index >= 15 is 0 Å². The van der Waals surface area contributed by atoms with Crippen LogP contribution in [0.1, 0.15) is 48.9 Å². The normalized spacial score (nSPS) is 32.4. The second-order valence-electron chi connectivity index (χ2n) is 10.4. The number of hydrogen-bond acceptors (Lipinski definition) is 5. The first-order valence-corrected chi connectivity index (χ1v) is 13.7. The molecule has 1 saturated carbocycles. The number of carbonyl (C=O) groups is 2. The molecular formula is C25H34N4O4S. The van der Waals surface area contributed by atoms with Crippen molar-refractivity contribution in [3.05, 3.63) is 42.0 Å². The maximum Gasteiger partial charge on any atom is 0.251 e. The van der Waals surface area contributed by atoms with Crippen molar-refractivity contribution < 1.29 is 18.0 Å². The predicted octanol–water partition coefficient (Wildman–Crippen LogP) is 1.75. The van der Waals surface area contributed by atoms with Crippen LogP contribution in [0, 0.1) is 11.3 Å². The van der Waals surface area contributed by atoms with Crippen molar-refractivity contribution in [3.8, 4) is 0 Å². The van der Waals surface area contributed by atoms with E-state index in [1.54, 1.807) is 19.2 Å². The van der Waals surface area contributed by atoms with E-state index in [0.29, 0.717) is 18.7 Å². The van der Waals surface area contributed by atoms with Crippen molar-refractivity contribution in [2.24, 2.45) is 11.3 Å². The average Bonchev–Trinajstić information content (AvgIpc) is 3.08. The molecule has 2 atom stereocenters. The third kappa shape index (κ3) is 3.97. The summed E-state index contributed by atoms with van der Waals surface area (Å²) in [6.45, 7) is 3.10. The van der Waals surface area contributed by atoms with Crippen LogP contribution >= 0.6 is 0 Å². The van der Waals surface area contributed by atoms with Gasteiger partial charge in [0.1, 0.15) is 0 Å². The van der Waals surface area contributed by atoms with Crippen LogP contribution in [0.4, 0.5) is 0 Å². The molecule has 1 aromatic rings. The zero-order valence-electron chi connectivity index (χ0n) is 19.8. The number of nitrogens with zero attached hydrogens (tertiary/aromatic N) is 2. The van der Waals surface area contributed by atoms with Crippen LogP contribution in [0.15, 0.2) is 41.3 Å². The first-order chi connectivity index (χ1) is 16.3. The van der Waals surface area contributed by atoms with Crippen LogP contribution in [-0.4, -0.2) is 74.7 Å². The fraction of sp³-hybridized carbons (Fsp3) is 0.600. The first kappa shape index (κ1) is 23.5. The standard InChI is InChI=1S/C25H34N4O4S/c1-28-15-4-2-3-9-24(11-13-26-14-12-24)23(31)29-17-20-8-10-25(20,18-29)27-22(30)19-6-5-7-21(16-19)34(28,32)33/h2,4-7,16,20,26H,3,8-15,17-18H2,1H3,(H,27,30)/b4-2+/t20-,25-/m0/s1. The average molecular weight is 487 g/mol. The van der Waals surface area contributed by atoms with Crippen molar-refractivity contribution in [3.63, 3.8) is 0 Å². The summed E-state index contributed by atoms with van der Waals surface area (Å²) in [6.07, 6.45) is 8.77. The van der Waals surface area contributed by atoms with E-state index in [1.165, 1.54) is 16.4 Å². The van der Waals surface area contributed by atoms with Gasteiger partial charge in [0, 0.05) is 38.2 Å². The Morgan fingerprint density at radius 2 is 1.85 bits per heavy atom. The monoisotopic (exact) mass is 486 g/mol. The number of rotatable bonds is 0. The molecule has 0 unspecified atom stereocenters. The van der Waals surface area contributed by atoms with Gasteiger partial charge in [-0.2, -0.15) is 4.31 Å². The van der Waals surface area contributed by atoms with E-state index in [-0.39, 0.29) is 29.2 Å². The topological polar surface area (TPSA) is 98.8 Å². The highest BCUT2D eigenvalue weighted by molar-refractivity contribution is 7.89. The fourth-order valence-corrected chi connectivity index (χ4v) is 7.26. The Labute approximate surface area is 201 Å². The van der Waals surface area contributed by atoms with Gasteiger partial charge in [-0.25, -0.2) is 8.42 Å². The van der Waals surface area contributed by atoms with Crippen molar-refractivity contribution >= 4 is 21.8 Å². The second-order valence-corrected chi connectivity index (χ2v) is 12.4. The van der Waals surface area contributed by atoms with Crippen LogP contribution in [0.3, 0.4) is 0 Å². The van der Waals surface area contributed by atoms with E-state index in [4.69, 9.17) is 0 Å². The molecule has 2 spiro atoms. The highest BCUT2D eigenvalue weighted by atomic mass is 32.2. The Bertz CT molecular complexity index is 1110. The Kier molecular flexibility index (Phi) is 6.06. The van der Waals surface area contributed by atoms with E-state index < -0.39 is 21.0 Å². The fourth-order valence-electron chi connectivity index (χ4n) is 6.09. The molecule has 34 heavy (non-hydrogen) atoms. The first-order valence-electron chi connectivity index (χ1n) is 12.3. The van der Waals surface area contributed by atoms with Gasteiger partial charge >= 0.3 is 0 Å². The number of benzene rings is 1. The van der Waals surface area contributed by atoms with Crippen molar-refractivity contribution in [2.75, 3.05) is 39.8 Å². The third-order valence-corrected chi connectivity index (χ3v) is 10.2. The van der Waals surface area contributed by atoms with Gasteiger partial charge in [-0.3, -0.25) is 9.59 Å². The molecule has 4 bridgehead atoms. The lowest BCUT2D eigenvalue weighted by atomic mass is 9.69. The molecular weight excluding hydrogens is 452 g/mol. The molecule has 3 aliphatic heterocycles. The minimum Gasteiger partial charge on any atom is -0.344 e. The third-order valence-electron chi connectivity index (χ3n) is 8.42. The van der Waals surface area contributed by atoms with Gasteiger partial charge < -0.3 is 15.5 Å². The molecule has 4 aliphatic rings. The number of hydrogen-bond donors (Lipinski definition) is 2. The van der Waals surface area contributed by atoms with Gasteiger partial charge in [0.25, 0.3) is 5.91 Å². The van der Waals surface area contributed by atoms with E-state index in [1.807, 2.05) is 17.1 Å². The summed E-state index contributed by atoms with van der Waals surface area (Å²) in [7, 11) is -2.18. The lowest BCUT2D eigenvalue weighted by Crippen LogP contribution is -2.60. The second kappa shape index (κ2) is 8.77. The molecule has 0 aromatic heterocycles. The summed E-state index contributed by atoms with van der Waals surface area (Å²) in [6, 6.07) is 6.24. The summed E-state index contributed by atoms with van der Waals surface area (Å²) in [5, 5.41) is 6.59. The smallest absolute Gasteiger partial charge is 0.251 e. The molecule has 2 N–H and O–H groups in total. The Morgan fingerprint density at radius 3 is 2.59 bits per heavy atom. The van der Waals surface area contributed by atoms with Gasteiger partial charge in [0.15, 0.2) is 0 Å². The zero-order valence-corrected chi connectivity index (χ0v) is 20.6. The molecule has 3 heterocycles. The van der Waals surface area contributed by atoms with Crippen LogP contribution in [0.25, 0.3) is 0 Å². The molecule has 184 valence electrons. The van der Waals surface area contributed by atoms with Gasteiger partial charge in [0.05, 0.1) is 15.8 Å². The summed E-state index contributed by atoms with van der Waals surface area (Å²) in [4.78, 5) is 29.2. The number of likely N-dealkylation sites (N-methyl/N-ethyl adjacent to an activating group) is 1. The number of fused-ring (bicyclic) bond motifs is 3. The highest BCUT2D eigenvalue weighted by Gasteiger charge is 2.57. The van der Waals surface area contributed by atoms with E-state index in [0.717, 1.165) is 51.6 Å². The minimum atomic E-state index is -3.72. The Morgan fingerprint density at radius 1 is 1.06 bits per heavy atom. The lowest BCUT2D eigenvalue weighted by Gasteiger charge is -2.44. The van der Waals surface area contributed by atoms with Crippen LogP contribution in [-0.2, 0) is 14.8 Å². The Hall–Kier alpha value is -2.23. The number of allylic oxidation sites excluding steroid dienone is 1. The summed E-state index contributed by atoms with van der Waals surface area (Å²) in [5.74, 6) is 0.187. The largest absolute Gasteiger partial charge is 0.344 e. The molecule has 9 heteroatoms. The number of carbonyl (C=O) groups excluding carboxylic acids is 2. The van der Waals surface area contributed by atoms with Crippen LogP contribution < -0.4 is 10.6 Å². The number of piperidine rings is 1. The minimum absolute atomic E-state index is 0.111. The lowest BCUT2D eigenvalue weighted by molar-refractivity contribution is -0.143. The van der Waals surface area contributed by atoms with Gasteiger partial charge in [0.2, 0.25) is 15.9 Å². The number of amides is 2. The predicted molar refractivity (Wildman–Crippen MR) is 129 cm³/mol. The maximum absolute atomic E-state index is 13.9. The van der Waals surface area contributed by atoms with Gasteiger partial charge in [-0.15, -0.1) is 0 Å². The van der Waals surface area contributed by atoms with Gasteiger partial charge in [-0.05, 0) is 69.8 Å². The zero-order chi connectivity index (χ0) is 24.0. The molecule has 0 radical (unpaired) electrons. The molecule has 1 aromatic carbocycles. The summed E-state index contributed by atoms with van der Waals surface area (Å²) < 4.78 is 27.5. The Balaban J connectivity index is 1.50. The number of sulfonamides is 1. The summed E-state index contributed by atoms with van der Waals surface area (Å²) in [5.41, 5.74) is -0.488. The molecule has 2 saturated heterocycles. The van der Waals surface area contributed by atoms with Crippen LogP contribution in [0.2, 0.25) is 0 Å². The number of nitrogens with one attached hydrogen (secondary N) is 2. The van der Waals surface area contributed by atoms with E-state index in [9.17, 15) is 18.0 Å². The SMILES string of the molecule is CN1C/C=C/CCC2(CCNCC2)C(=O)N2C[C@@H]3CC[C@@]3(C2)NC(=O)c2cccc(c2)S1(=O)=O. The van der Waals surface area contributed by atoms with Crippen LogP contribution in [0.5, 0.6) is 0 Å². The summed E-state index contributed by atoms with van der Waals surface area (Å²) >= 11 is 0. The molecule has 3 fully saturated rings. The molecule has 8 nitrogen and oxygen atoms in total. The highest BCUT2D eigenvalue weighted by Crippen LogP contribution is 2.47. The van der Waals surface area contributed by atoms with E-state index in [2.05, 4.69) is 10.6 Å². The molecule has 2 amide bonds.